The summed E-state index contributed by atoms with van der Waals surface area (Å²) in [5, 5.41) is 20.5. The van der Waals surface area contributed by atoms with Gasteiger partial charge in [0.15, 0.2) is 0 Å². The third-order valence-corrected chi connectivity index (χ3v) is 12.6. The van der Waals surface area contributed by atoms with Gasteiger partial charge in [-0.25, -0.2) is 0 Å². The minimum absolute atomic E-state index is 0.258. The molecule has 0 aromatic carbocycles. The molecule has 3 rings (SSSR count). The number of unbranched alkanes of at least 4 members (excludes halogenated alkanes) is 2. The van der Waals surface area contributed by atoms with E-state index in [9.17, 15) is 19.3 Å². The van der Waals surface area contributed by atoms with Gasteiger partial charge in [-0.1, -0.05) is 77.0 Å². The van der Waals surface area contributed by atoms with Crippen LogP contribution in [0, 0.1) is 29.1 Å². The van der Waals surface area contributed by atoms with Gasteiger partial charge >= 0.3 is 16.5 Å². The summed E-state index contributed by atoms with van der Waals surface area (Å²) in [6.07, 6.45) is 22.5. The molecule has 0 aliphatic heterocycles. The molecule has 3 aliphatic rings. The van der Waals surface area contributed by atoms with Gasteiger partial charge in [0.05, 0.1) is 38.6 Å². The molecule has 3 unspecified atom stereocenters. The Balaban J connectivity index is 1.59. The lowest BCUT2D eigenvalue weighted by Gasteiger charge is -2.44. The number of aliphatic hydroxyl groups is 2. The molecule has 0 radical (unpaired) electrons. The summed E-state index contributed by atoms with van der Waals surface area (Å²) in [5.74, 6) is 2.08. The fraction of sp³-hybridized carbons (Fsp3) is 0.789. The topological polar surface area (TPSA) is 112 Å². The van der Waals surface area contributed by atoms with Crippen molar-refractivity contribution in [2.45, 2.75) is 136 Å². The molecule has 0 aromatic rings. The Bertz CT molecular complexity index is 1090. The van der Waals surface area contributed by atoms with Crippen molar-refractivity contribution >= 4 is 16.5 Å². The Morgan fingerprint density at radius 3 is 2.10 bits per heavy atom. The van der Waals surface area contributed by atoms with Gasteiger partial charge in [0.1, 0.15) is 0 Å². The summed E-state index contributed by atoms with van der Waals surface area (Å²) in [6, 6.07) is 0. The molecular weight excluding hydrogens is 646 g/mol. The van der Waals surface area contributed by atoms with E-state index in [0.717, 1.165) is 68.9 Å². The van der Waals surface area contributed by atoms with Crippen LogP contribution in [0.25, 0.3) is 0 Å². The average Bonchev–Trinajstić information content (AvgIpc) is 3.42. The fourth-order valence-corrected chi connectivity index (χ4v) is 9.72. The second-order valence-electron chi connectivity index (χ2n) is 14.6. The van der Waals surface area contributed by atoms with Crippen molar-refractivity contribution in [3.8, 4) is 0 Å². The monoisotopic (exact) mass is 712 g/mol. The van der Waals surface area contributed by atoms with Gasteiger partial charge in [0.2, 0.25) is 0 Å². The Kier molecular flexibility index (Phi) is 19.2. The highest BCUT2D eigenvalue weighted by Gasteiger charge is 2.50. The third-order valence-electron chi connectivity index (χ3n) is 10.9. The minimum atomic E-state index is -2.39. The standard InChI is InChI=1S/C38H66O8P2/c1-6-23-43-47(41)45-25-10-8-13-31(14-9-11-26-46-48(42)44-24-7-2)17-16-29(3)35-20-21-36-32(15-12-22-38(35,36)5)18-19-33-27-34(39)28-37(40)30(33)4/h16-19,29,31,34-37,39-40,47-48H,4,6-15,20-28H2,1-3,5H3/b17-16+,32-18+,33-19-/t29-,34-,35-,36?,37+,38-/m1/s1. The molecule has 8 atom stereocenters. The van der Waals surface area contributed by atoms with Crippen molar-refractivity contribution in [2.24, 2.45) is 29.1 Å². The van der Waals surface area contributed by atoms with Crippen molar-refractivity contribution in [3.63, 3.8) is 0 Å². The van der Waals surface area contributed by atoms with Crippen LogP contribution in [0.15, 0.2) is 47.6 Å². The average molecular weight is 713 g/mol. The normalized spacial score (nSPS) is 30.6. The van der Waals surface area contributed by atoms with Crippen LogP contribution >= 0.6 is 16.5 Å². The van der Waals surface area contributed by atoms with E-state index in [-0.39, 0.29) is 5.41 Å². The molecule has 3 aliphatic carbocycles. The van der Waals surface area contributed by atoms with E-state index < -0.39 is 28.7 Å². The van der Waals surface area contributed by atoms with Crippen LogP contribution < -0.4 is 0 Å². The van der Waals surface area contributed by atoms with Crippen LogP contribution in [0.4, 0.5) is 0 Å². The molecule has 0 spiro atoms. The number of hydrogen-bond acceptors (Lipinski definition) is 8. The van der Waals surface area contributed by atoms with Gasteiger partial charge in [0.25, 0.3) is 0 Å². The lowest BCUT2D eigenvalue weighted by molar-refractivity contribution is 0.0862. The Morgan fingerprint density at radius 1 is 0.896 bits per heavy atom. The molecule has 0 amide bonds. The van der Waals surface area contributed by atoms with Gasteiger partial charge in [-0.05, 0) is 117 Å². The smallest absolute Gasteiger partial charge is 0.319 e. The van der Waals surface area contributed by atoms with E-state index in [0.29, 0.717) is 62.9 Å². The molecule has 0 saturated heterocycles. The summed E-state index contributed by atoms with van der Waals surface area (Å²) in [6.45, 7) is 14.8. The first-order chi connectivity index (χ1) is 23.1. The zero-order valence-electron chi connectivity index (χ0n) is 30.3. The quantitative estimate of drug-likeness (QED) is 0.0648. The third kappa shape index (κ3) is 13.4. The summed E-state index contributed by atoms with van der Waals surface area (Å²) in [7, 11) is -4.79. The SMILES string of the molecule is C=C1/C(=C\C=C2/CCC[C@@]3(C)C2CC[C@@H]3[C@H](C)/C=C/C(CCCCO[PH](=O)OCCC)CCCCO[PH](=O)OCCC)C[C@@H](O)C[C@@H]1O. The maximum Gasteiger partial charge on any atom is 0.319 e. The molecule has 3 saturated carbocycles. The molecule has 276 valence electrons. The lowest BCUT2D eigenvalue weighted by Crippen LogP contribution is -2.35. The number of aliphatic hydroxyl groups excluding tert-OH is 2. The number of allylic oxidation sites excluding steroid dienone is 5. The van der Waals surface area contributed by atoms with E-state index in [2.05, 4.69) is 44.7 Å². The van der Waals surface area contributed by atoms with Crippen LogP contribution in [-0.4, -0.2) is 48.8 Å². The maximum absolute atomic E-state index is 11.9. The summed E-state index contributed by atoms with van der Waals surface area (Å²) < 4.78 is 44.9. The van der Waals surface area contributed by atoms with Crippen molar-refractivity contribution in [1.82, 2.24) is 0 Å². The Hall–Kier alpha value is -0.820. The number of fused-ring (bicyclic) bond motifs is 1. The van der Waals surface area contributed by atoms with E-state index in [1.165, 1.54) is 31.3 Å². The van der Waals surface area contributed by atoms with Crippen molar-refractivity contribution in [3.05, 3.63) is 47.6 Å². The maximum atomic E-state index is 11.9. The fourth-order valence-electron chi connectivity index (χ4n) is 8.19. The van der Waals surface area contributed by atoms with Crippen molar-refractivity contribution < 1.29 is 37.4 Å². The first-order valence-electron chi connectivity index (χ1n) is 18.8. The van der Waals surface area contributed by atoms with Crippen LogP contribution in [0.3, 0.4) is 0 Å². The largest absolute Gasteiger partial charge is 0.393 e. The molecule has 8 nitrogen and oxygen atoms in total. The summed E-state index contributed by atoms with van der Waals surface area (Å²) >= 11 is 0. The second kappa shape index (κ2) is 22.2. The predicted molar refractivity (Wildman–Crippen MR) is 197 cm³/mol. The van der Waals surface area contributed by atoms with Gasteiger partial charge < -0.3 is 28.3 Å². The van der Waals surface area contributed by atoms with Crippen LogP contribution in [0.2, 0.25) is 0 Å². The number of rotatable bonds is 22. The Morgan fingerprint density at radius 2 is 1.50 bits per heavy atom. The molecule has 3 fully saturated rings. The van der Waals surface area contributed by atoms with E-state index in [1.807, 2.05) is 13.8 Å². The van der Waals surface area contributed by atoms with Gasteiger partial charge in [-0.2, -0.15) is 0 Å². The highest BCUT2D eigenvalue weighted by atomic mass is 31.1. The van der Waals surface area contributed by atoms with Gasteiger partial charge in [-0.15, -0.1) is 0 Å². The van der Waals surface area contributed by atoms with Crippen LogP contribution in [-0.2, 0) is 27.2 Å². The highest BCUT2D eigenvalue weighted by molar-refractivity contribution is 7.33. The van der Waals surface area contributed by atoms with E-state index in [4.69, 9.17) is 18.1 Å². The highest BCUT2D eigenvalue weighted by Crippen LogP contribution is 2.59. The summed E-state index contributed by atoms with van der Waals surface area (Å²) in [5.41, 5.74) is 3.51. The molecule has 0 heterocycles. The molecule has 10 heteroatoms. The summed E-state index contributed by atoms with van der Waals surface area (Å²) in [4.78, 5) is 0. The van der Waals surface area contributed by atoms with Gasteiger partial charge in [-0.3, -0.25) is 9.13 Å². The van der Waals surface area contributed by atoms with Crippen LogP contribution in [0.1, 0.15) is 124 Å². The lowest BCUT2D eigenvalue weighted by atomic mass is 9.61. The zero-order valence-corrected chi connectivity index (χ0v) is 32.3. The predicted octanol–water partition coefficient (Wildman–Crippen LogP) is 9.94. The van der Waals surface area contributed by atoms with Crippen molar-refractivity contribution in [1.29, 1.82) is 0 Å². The Labute approximate surface area is 292 Å². The number of hydrogen-bond donors (Lipinski definition) is 2. The first-order valence-corrected chi connectivity index (χ1v) is 21.3. The minimum Gasteiger partial charge on any atom is -0.393 e. The van der Waals surface area contributed by atoms with Gasteiger partial charge in [0, 0.05) is 6.42 Å². The molecule has 0 bridgehead atoms. The molecular formula is C38H66O8P2. The zero-order chi connectivity index (χ0) is 34.9. The second-order valence-corrected chi connectivity index (χ2v) is 16.7. The van der Waals surface area contributed by atoms with Crippen LogP contribution in [0.5, 0.6) is 0 Å². The molecule has 48 heavy (non-hydrogen) atoms. The molecule has 0 aromatic heterocycles. The van der Waals surface area contributed by atoms with E-state index >= 15 is 0 Å². The molecule has 2 N–H and O–H groups in total. The first kappa shape index (κ1) is 41.6. The van der Waals surface area contributed by atoms with E-state index in [1.54, 1.807) is 0 Å². The van der Waals surface area contributed by atoms with Crippen molar-refractivity contribution in [2.75, 3.05) is 26.4 Å².